The van der Waals surface area contributed by atoms with Crippen LogP contribution >= 0.6 is 11.8 Å². The molecule has 2 aromatic rings. The number of fused-ring (bicyclic) bond motifs is 1. The average molecular weight is 396 g/mol. The van der Waals surface area contributed by atoms with E-state index in [2.05, 4.69) is 23.4 Å². The third-order valence-electron chi connectivity index (χ3n) is 4.71. The number of sulfone groups is 1. The summed E-state index contributed by atoms with van der Waals surface area (Å²) < 4.78 is 25.6. The second-order valence-electron chi connectivity index (χ2n) is 6.87. The SMILES string of the molecule is CCN(C(=O)CSc1nc2ccccc2n1C(C)C)[C@@H]1CCS(=O)(=O)C1. The summed E-state index contributed by atoms with van der Waals surface area (Å²) >= 11 is 1.42. The topological polar surface area (TPSA) is 72.3 Å². The number of rotatable bonds is 6. The first-order chi connectivity index (χ1) is 12.3. The number of hydrogen-bond donors (Lipinski definition) is 0. The van der Waals surface area contributed by atoms with Crippen molar-refractivity contribution in [3.63, 3.8) is 0 Å². The summed E-state index contributed by atoms with van der Waals surface area (Å²) in [6, 6.07) is 8.00. The number of carbonyl (C=O) groups excluding carboxylic acids is 1. The van der Waals surface area contributed by atoms with Gasteiger partial charge in [-0.15, -0.1) is 0 Å². The van der Waals surface area contributed by atoms with Gasteiger partial charge in [-0.3, -0.25) is 4.79 Å². The van der Waals surface area contributed by atoms with E-state index in [1.807, 2.05) is 31.2 Å². The molecule has 0 saturated carbocycles. The van der Waals surface area contributed by atoms with E-state index in [9.17, 15) is 13.2 Å². The van der Waals surface area contributed by atoms with Crippen LogP contribution in [-0.2, 0) is 14.6 Å². The van der Waals surface area contributed by atoms with Crippen molar-refractivity contribution in [2.75, 3.05) is 23.8 Å². The highest BCUT2D eigenvalue weighted by molar-refractivity contribution is 7.99. The van der Waals surface area contributed by atoms with Gasteiger partial charge in [0.05, 0.1) is 28.3 Å². The number of amides is 1. The van der Waals surface area contributed by atoms with Crippen LogP contribution in [0.25, 0.3) is 11.0 Å². The average Bonchev–Trinajstić information content (AvgIpc) is 3.13. The van der Waals surface area contributed by atoms with Crippen molar-refractivity contribution >= 4 is 38.5 Å². The molecule has 1 aromatic carbocycles. The lowest BCUT2D eigenvalue weighted by molar-refractivity contribution is -0.129. The molecule has 1 aliphatic heterocycles. The van der Waals surface area contributed by atoms with Crippen LogP contribution in [0.5, 0.6) is 0 Å². The maximum Gasteiger partial charge on any atom is 0.233 e. The predicted octanol–water partition coefficient (Wildman–Crippen LogP) is 2.74. The molecule has 1 atom stereocenters. The van der Waals surface area contributed by atoms with Crippen LogP contribution in [0.2, 0.25) is 0 Å². The molecule has 6 nitrogen and oxygen atoms in total. The number of para-hydroxylation sites is 2. The lowest BCUT2D eigenvalue weighted by atomic mass is 10.2. The second kappa shape index (κ2) is 7.60. The third-order valence-corrected chi connectivity index (χ3v) is 7.40. The Balaban J connectivity index is 1.75. The smallest absolute Gasteiger partial charge is 0.233 e. The molecule has 1 aliphatic rings. The standard InChI is InChI=1S/C18H25N3O3S2/c1-4-20(14-9-10-26(23,24)12-14)17(22)11-25-18-19-15-7-5-6-8-16(15)21(18)13(2)3/h5-8,13-14H,4,9-12H2,1-3H3/t14-/m1/s1. The number of hydrogen-bond acceptors (Lipinski definition) is 5. The fraction of sp³-hybridized carbons (Fsp3) is 0.556. The molecule has 0 aliphatic carbocycles. The van der Waals surface area contributed by atoms with Crippen LogP contribution in [0.15, 0.2) is 29.4 Å². The number of nitrogens with zero attached hydrogens (tertiary/aromatic N) is 3. The zero-order valence-corrected chi connectivity index (χ0v) is 17.0. The molecule has 0 bridgehead atoms. The highest BCUT2D eigenvalue weighted by Gasteiger charge is 2.33. The summed E-state index contributed by atoms with van der Waals surface area (Å²) in [5.74, 6) is 0.502. The van der Waals surface area contributed by atoms with Gasteiger partial charge in [0.2, 0.25) is 5.91 Å². The maximum absolute atomic E-state index is 12.7. The number of carbonyl (C=O) groups is 1. The fourth-order valence-electron chi connectivity index (χ4n) is 3.49. The Labute approximate surface area is 158 Å². The summed E-state index contributed by atoms with van der Waals surface area (Å²) in [5.41, 5.74) is 1.98. The van der Waals surface area contributed by atoms with Crippen molar-refractivity contribution in [3.8, 4) is 0 Å². The number of benzene rings is 1. The molecule has 1 amide bonds. The van der Waals surface area contributed by atoms with E-state index in [-0.39, 0.29) is 35.2 Å². The van der Waals surface area contributed by atoms with Gasteiger partial charge in [0, 0.05) is 18.6 Å². The molecule has 142 valence electrons. The monoisotopic (exact) mass is 395 g/mol. The molecule has 0 radical (unpaired) electrons. The lowest BCUT2D eigenvalue weighted by Gasteiger charge is -2.26. The largest absolute Gasteiger partial charge is 0.338 e. The van der Waals surface area contributed by atoms with Gasteiger partial charge < -0.3 is 9.47 Å². The van der Waals surface area contributed by atoms with Crippen molar-refractivity contribution in [3.05, 3.63) is 24.3 Å². The fourth-order valence-corrected chi connectivity index (χ4v) is 6.25. The molecular weight excluding hydrogens is 370 g/mol. The third kappa shape index (κ3) is 3.91. The first-order valence-corrected chi connectivity index (χ1v) is 11.7. The minimum Gasteiger partial charge on any atom is -0.338 e. The van der Waals surface area contributed by atoms with Crippen LogP contribution in [0.4, 0.5) is 0 Å². The van der Waals surface area contributed by atoms with Crippen LogP contribution in [-0.4, -0.2) is 58.6 Å². The van der Waals surface area contributed by atoms with Gasteiger partial charge in [-0.25, -0.2) is 13.4 Å². The molecule has 0 N–H and O–H groups in total. The Kier molecular flexibility index (Phi) is 5.62. The van der Waals surface area contributed by atoms with Gasteiger partial charge in [-0.05, 0) is 39.3 Å². The van der Waals surface area contributed by atoms with Gasteiger partial charge in [0.25, 0.3) is 0 Å². The molecule has 2 heterocycles. The summed E-state index contributed by atoms with van der Waals surface area (Å²) in [4.78, 5) is 19.1. The van der Waals surface area contributed by atoms with Crippen molar-refractivity contribution < 1.29 is 13.2 Å². The van der Waals surface area contributed by atoms with Crippen LogP contribution in [0.3, 0.4) is 0 Å². The quantitative estimate of drug-likeness (QED) is 0.703. The molecule has 26 heavy (non-hydrogen) atoms. The highest BCUT2D eigenvalue weighted by Crippen LogP contribution is 2.28. The van der Waals surface area contributed by atoms with Gasteiger partial charge in [-0.1, -0.05) is 23.9 Å². The van der Waals surface area contributed by atoms with Crippen molar-refractivity contribution in [1.29, 1.82) is 0 Å². The van der Waals surface area contributed by atoms with Crippen molar-refractivity contribution in [2.24, 2.45) is 0 Å². The Morgan fingerprint density at radius 2 is 2.12 bits per heavy atom. The van der Waals surface area contributed by atoms with E-state index in [1.165, 1.54) is 11.8 Å². The van der Waals surface area contributed by atoms with Gasteiger partial charge >= 0.3 is 0 Å². The molecule has 0 spiro atoms. The zero-order chi connectivity index (χ0) is 18.9. The maximum atomic E-state index is 12.7. The molecule has 1 fully saturated rings. The summed E-state index contributed by atoms with van der Waals surface area (Å²) in [7, 11) is -3.00. The molecule has 8 heteroatoms. The zero-order valence-electron chi connectivity index (χ0n) is 15.4. The second-order valence-corrected chi connectivity index (χ2v) is 10.0. The summed E-state index contributed by atoms with van der Waals surface area (Å²) in [5, 5.41) is 0.824. The first-order valence-electron chi connectivity index (χ1n) is 8.92. The summed E-state index contributed by atoms with van der Waals surface area (Å²) in [6.07, 6.45) is 0.539. The lowest BCUT2D eigenvalue weighted by Crippen LogP contribution is -2.42. The Morgan fingerprint density at radius 1 is 1.38 bits per heavy atom. The van der Waals surface area contributed by atoms with Crippen LogP contribution < -0.4 is 0 Å². The van der Waals surface area contributed by atoms with Crippen molar-refractivity contribution in [2.45, 2.75) is 44.4 Å². The number of thioether (sulfide) groups is 1. The number of imidazole rings is 1. The van der Waals surface area contributed by atoms with Crippen LogP contribution in [0.1, 0.15) is 33.2 Å². The van der Waals surface area contributed by atoms with E-state index < -0.39 is 9.84 Å². The molecule has 0 unspecified atom stereocenters. The Morgan fingerprint density at radius 3 is 2.73 bits per heavy atom. The van der Waals surface area contributed by atoms with E-state index in [4.69, 9.17) is 0 Å². The van der Waals surface area contributed by atoms with E-state index in [0.29, 0.717) is 13.0 Å². The predicted molar refractivity (Wildman–Crippen MR) is 105 cm³/mol. The van der Waals surface area contributed by atoms with Crippen molar-refractivity contribution in [1.82, 2.24) is 14.5 Å². The normalized spacial score (nSPS) is 19.3. The Hall–Kier alpha value is -1.54. The minimum atomic E-state index is -3.00. The first kappa shape index (κ1) is 19.2. The Bertz CT molecular complexity index is 906. The minimum absolute atomic E-state index is 0.0260. The molecule has 1 aromatic heterocycles. The van der Waals surface area contributed by atoms with Gasteiger partial charge in [-0.2, -0.15) is 0 Å². The van der Waals surface area contributed by atoms with E-state index >= 15 is 0 Å². The molecule has 3 rings (SSSR count). The van der Waals surface area contributed by atoms with Gasteiger partial charge in [0.1, 0.15) is 0 Å². The van der Waals surface area contributed by atoms with E-state index in [0.717, 1.165) is 16.2 Å². The van der Waals surface area contributed by atoms with Gasteiger partial charge in [0.15, 0.2) is 15.0 Å². The van der Waals surface area contributed by atoms with E-state index in [1.54, 1.807) is 4.90 Å². The molecular formula is C18H25N3O3S2. The molecule has 1 saturated heterocycles. The van der Waals surface area contributed by atoms with Crippen LogP contribution in [0, 0.1) is 0 Å². The number of aromatic nitrogens is 2. The highest BCUT2D eigenvalue weighted by atomic mass is 32.2. The summed E-state index contributed by atoms with van der Waals surface area (Å²) in [6.45, 7) is 6.63.